The third kappa shape index (κ3) is 2.92. The smallest absolute Gasteiger partial charge is 0.108 e. The lowest BCUT2D eigenvalue weighted by atomic mass is 9.82. The predicted molar refractivity (Wildman–Crippen MR) is 51.7 cm³/mol. The van der Waals surface area contributed by atoms with Gasteiger partial charge in [0.15, 0.2) is 0 Å². The molecule has 3 atom stereocenters. The second-order valence-corrected chi connectivity index (χ2v) is 4.13. The summed E-state index contributed by atoms with van der Waals surface area (Å²) in [5.41, 5.74) is 0. The van der Waals surface area contributed by atoms with Gasteiger partial charge in [0.2, 0.25) is 0 Å². The molecule has 0 amide bonds. The molecule has 84 valence electrons. The zero-order chi connectivity index (χ0) is 10.6. The van der Waals surface area contributed by atoms with Crippen LogP contribution >= 0.6 is 0 Å². The van der Waals surface area contributed by atoms with Gasteiger partial charge < -0.3 is 20.4 Å². The van der Waals surface area contributed by atoms with E-state index in [1.807, 2.05) is 0 Å². The van der Waals surface area contributed by atoms with E-state index < -0.39 is 24.9 Å². The first-order valence-corrected chi connectivity index (χ1v) is 5.32. The molecule has 1 aliphatic carbocycles. The summed E-state index contributed by atoms with van der Waals surface area (Å²) in [6, 6.07) is 0. The Morgan fingerprint density at radius 3 is 2.07 bits per heavy atom. The van der Waals surface area contributed by atoms with E-state index in [0.717, 1.165) is 25.7 Å². The Morgan fingerprint density at radius 1 is 1.00 bits per heavy atom. The molecule has 0 spiro atoms. The standard InChI is InChI=1S/C10H20O4/c11-6-8(12)10(14)9(13)7-4-2-1-3-5-7/h7-14H,1-6H2/t8-,9+,10-/m0/s1. The second-order valence-electron chi connectivity index (χ2n) is 4.13. The van der Waals surface area contributed by atoms with E-state index in [0.29, 0.717) is 0 Å². The molecule has 1 fully saturated rings. The molecule has 4 nitrogen and oxygen atoms in total. The molecule has 0 aromatic carbocycles. The number of aliphatic hydroxyl groups excluding tert-OH is 4. The minimum absolute atomic E-state index is 0.0694. The van der Waals surface area contributed by atoms with Gasteiger partial charge in [0.25, 0.3) is 0 Å². The van der Waals surface area contributed by atoms with Gasteiger partial charge in [0.1, 0.15) is 12.2 Å². The molecule has 4 heteroatoms. The van der Waals surface area contributed by atoms with Crippen molar-refractivity contribution in [3.63, 3.8) is 0 Å². The summed E-state index contributed by atoms with van der Waals surface area (Å²) >= 11 is 0. The van der Waals surface area contributed by atoms with Gasteiger partial charge in [-0.15, -0.1) is 0 Å². The summed E-state index contributed by atoms with van der Waals surface area (Å²) in [6.07, 6.45) is 1.77. The molecular formula is C10H20O4. The van der Waals surface area contributed by atoms with Crippen molar-refractivity contribution in [3.8, 4) is 0 Å². The molecule has 0 aliphatic heterocycles. The quantitative estimate of drug-likeness (QED) is 0.504. The molecular weight excluding hydrogens is 184 g/mol. The fourth-order valence-corrected chi connectivity index (χ4v) is 2.09. The van der Waals surface area contributed by atoms with Crippen molar-refractivity contribution in [2.24, 2.45) is 5.92 Å². The van der Waals surface area contributed by atoms with Gasteiger partial charge in [-0.25, -0.2) is 0 Å². The van der Waals surface area contributed by atoms with Gasteiger partial charge in [-0.05, 0) is 18.8 Å². The van der Waals surface area contributed by atoms with Crippen LogP contribution in [0.15, 0.2) is 0 Å². The first-order chi connectivity index (χ1) is 6.66. The summed E-state index contributed by atoms with van der Waals surface area (Å²) in [7, 11) is 0. The van der Waals surface area contributed by atoms with Crippen LogP contribution in [0, 0.1) is 5.92 Å². The van der Waals surface area contributed by atoms with E-state index in [1.165, 1.54) is 6.42 Å². The Kier molecular flexibility index (Phi) is 4.81. The topological polar surface area (TPSA) is 80.9 Å². The first kappa shape index (κ1) is 11.9. The minimum Gasteiger partial charge on any atom is -0.394 e. The van der Waals surface area contributed by atoms with Crippen LogP contribution in [0.5, 0.6) is 0 Å². The van der Waals surface area contributed by atoms with Crippen LogP contribution in [0.1, 0.15) is 32.1 Å². The van der Waals surface area contributed by atoms with E-state index in [9.17, 15) is 10.2 Å². The lowest BCUT2D eigenvalue weighted by Gasteiger charge is -2.31. The van der Waals surface area contributed by atoms with Crippen molar-refractivity contribution in [3.05, 3.63) is 0 Å². The monoisotopic (exact) mass is 204 g/mol. The molecule has 0 aromatic rings. The Morgan fingerprint density at radius 2 is 1.57 bits per heavy atom. The number of rotatable bonds is 4. The Balaban J connectivity index is 2.41. The van der Waals surface area contributed by atoms with E-state index in [4.69, 9.17) is 10.2 Å². The SMILES string of the molecule is OC[C@H](O)[C@H](O)[C@H](O)C1CCCCC1. The average Bonchev–Trinajstić information content (AvgIpc) is 2.27. The van der Waals surface area contributed by atoms with E-state index in [2.05, 4.69) is 0 Å². The molecule has 0 aromatic heterocycles. The van der Waals surface area contributed by atoms with Crippen LogP contribution in [0.3, 0.4) is 0 Å². The number of hydrogen-bond donors (Lipinski definition) is 4. The Labute approximate surface area is 84.2 Å². The Bertz CT molecular complexity index is 154. The van der Waals surface area contributed by atoms with E-state index >= 15 is 0 Å². The number of aliphatic hydroxyl groups is 4. The maximum Gasteiger partial charge on any atom is 0.108 e. The summed E-state index contributed by atoms with van der Waals surface area (Å²) in [6.45, 7) is -0.509. The molecule has 1 rings (SSSR count). The third-order valence-electron chi connectivity index (χ3n) is 3.06. The fraction of sp³-hybridized carbons (Fsp3) is 1.00. The maximum atomic E-state index is 9.72. The zero-order valence-corrected chi connectivity index (χ0v) is 8.34. The largest absolute Gasteiger partial charge is 0.394 e. The van der Waals surface area contributed by atoms with Crippen LogP contribution in [0.25, 0.3) is 0 Å². The predicted octanol–water partition coefficient (Wildman–Crippen LogP) is -0.358. The molecule has 1 aliphatic rings. The molecule has 0 radical (unpaired) electrons. The second kappa shape index (κ2) is 5.66. The summed E-state index contributed by atoms with van der Waals surface area (Å²) in [4.78, 5) is 0. The van der Waals surface area contributed by atoms with Crippen molar-refractivity contribution < 1.29 is 20.4 Å². The molecule has 0 unspecified atom stereocenters. The van der Waals surface area contributed by atoms with E-state index in [-0.39, 0.29) is 5.92 Å². The molecule has 14 heavy (non-hydrogen) atoms. The van der Waals surface area contributed by atoms with Gasteiger partial charge >= 0.3 is 0 Å². The van der Waals surface area contributed by atoms with Gasteiger partial charge in [-0.3, -0.25) is 0 Å². The fourth-order valence-electron chi connectivity index (χ4n) is 2.09. The highest BCUT2D eigenvalue weighted by atomic mass is 16.4. The van der Waals surface area contributed by atoms with E-state index in [1.54, 1.807) is 0 Å². The molecule has 4 N–H and O–H groups in total. The highest BCUT2D eigenvalue weighted by molar-refractivity contribution is 4.82. The van der Waals surface area contributed by atoms with Crippen molar-refractivity contribution in [1.29, 1.82) is 0 Å². The third-order valence-corrected chi connectivity index (χ3v) is 3.06. The van der Waals surface area contributed by atoms with Crippen molar-refractivity contribution in [2.75, 3.05) is 6.61 Å². The summed E-state index contributed by atoms with van der Waals surface area (Å²) in [5, 5.41) is 37.0. The molecule has 1 saturated carbocycles. The van der Waals surface area contributed by atoms with Crippen molar-refractivity contribution >= 4 is 0 Å². The lowest BCUT2D eigenvalue weighted by Crippen LogP contribution is -2.43. The van der Waals surface area contributed by atoms with Crippen LogP contribution < -0.4 is 0 Å². The normalized spacial score (nSPS) is 25.7. The maximum absolute atomic E-state index is 9.72. The van der Waals surface area contributed by atoms with Crippen molar-refractivity contribution in [1.82, 2.24) is 0 Å². The zero-order valence-electron chi connectivity index (χ0n) is 8.34. The van der Waals surface area contributed by atoms with Gasteiger partial charge in [-0.1, -0.05) is 19.3 Å². The molecule has 0 heterocycles. The van der Waals surface area contributed by atoms with Crippen molar-refractivity contribution in [2.45, 2.75) is 50.4 Å². The van der Waals surface area contributed by atoms with Crippen LogP contribution in [0.2, 0.25) is 0 Å². The summed E-state index contributed by atoms with van der Waals surface area (Å²) < 4.78 is 0. The first-order valence-electron chi connectivity index (χ1n) is 5.32. The van der Waals surface area contributed by atoms with Crippen LogP contribution in [-0.4, -0.2) is 45.3 Å². The summed E-state index contributed by atoms with van der Waals surface area (Å²) in [5.74, 6) is 0.0694. The number of hydrogen-bond acceptors (Lipinski definition) is 4. The highest BCUT2D eigenvalue weighted by Crippen LogP contribution is 2.28. The van der Waals surface area contributed by atoms with Gasteiger partial charge in [0, 0.05) is 0 Å². The van der Waals surface area contributed by atoms with Gasteiger partial charge in [0.05, 0.1) is 12.7 Å². The molecule has 0 saturated heterocycles. The average molecular weight is 204 g/mol. The van der Waals surface area contributed by atoms with Crippen LogP contribution in [-0.2, 0) is 0 Å². The minimum atomic E-state index is -1.23. The molecule has 0 bridgehead atoms. The Hall–Kier alpha value is -0.160. The van der Waals surface area contributed by atoms with Crippen LogP contribution in [0.4, 0.5) is 0 Å². The highest BCUT2D eigenvalue weighted by Gasteiger charge is 2.31. The van der Waals surface area contributed by atoms with Gasteiger partial charge in [-0.2, -0.15) is 0 Å². The lowest BCUT2D eigenvalue weighted by molar-refractivity contribution is -0.0989.